The molecule has 0 fully saturated rings. The minimum absolute atomic E-state index is 0.405. The standard InChI is InChI=1S/C12H22O2/c1-3-8-12(13)9-6-5-7-11-14-10-4-2/h4,10H,3,5-9,11H2,1-2H3. The summed E-state index contributed by atoms with van der Waals surface area (Å²) in [4.78, 5) is 11.1. The van der Waals surface area contributed by atoms with Crippen molar-refractivity contribution in [1.29, 1.82) is 0 Å². The van der Waals surface area contributed by atoms with Gasteiger partial charge in [-0.2, -0.15) is 0 Å². The maximum absolute atomic E-state index is 11.1. The molecule has 0 aliphatic carbocycles. The molecule has 0 aromatic heterocycles. The second-order valence-electron chi connectivity index (χ2n) is 3.44. The molecule has 0 unspecified atom stereocenters. The number of rotatable bonds is 9. The SMILES string of the molecule is CC=COCCCCCC(=O)CCC. The number of ether oxygens (including phenoxy) is 1. The average molecular weight is 198 g/mol. The lowest BCUT2D eigenvalue weighted by atomic mass is 10.1. The van der Waals surface area contributed by atoms with Gasteiger partial charge < -0.3 is 4.74 Å². The molecular weight excluding hydrogens is 176 g/mol. The molecule has 0 rings (SSSR count). The van der Waals surface area contributed by atoms with Gasteiger partial charge in [0.15, 0.2) is 0 Å². The fraction of sp³-hybridized carbons (Fsp3) is 0.750. The molecular formula is C12H22O2. The Bertz CT molecular complexity index is 162. The molecule has 0 saturated carbocycles. The highest BCUT2D eigenvalue weighted by Crippen LogP contribution is 2.04. The van der Waals surface area contributed by atoms with Crippen LogP contribution in [0.2, 0.25) is 0 Å². The number of carbonyl (C=O) groups is 1. The lowest BCUT2D eigenvalue weighted by Gasteiger charge is -2.00. The third-order valence-electron chi connectivity index (χ3n) is 1.98. The van der Waals surface area contributed by atoms with E-state index in [1.54, 1.807) is 6.26 Å². The molecule has 0 amide bonds. The van der Waals surface area contributed by atoms with Gasteiger partial charge in [-0.05, 0) is 32.6 Å². The van der Waals surface area contributed by atoms with Gasteiger partial charge in [0.1, 0.15) is 5.78 Å². The van der Waals surface area contributed by atoms with Crippen LogP contribution in [0.5, 0.6) is 0 Å². The average Bonchev–Trinajstić information content (AvgIpc) is 2.17. The van der Waals surface area contributed by atoms with Gasteiger partial charge in [0, 0.05) is 12.8 Å². The van der Waals surface area contributed by atoms with Crippen LogP contribution in [-0.2, 0) is 9.53 Å². The quantitative estimate of drug-likeness (QED) is 0.419. The highest BCUT2D eigenvalue weighted by molar-refractivity contribution is 5.78. The van der Waals surface area contributed by atoms with E-state index in [4.69, 9.17) is 4.74 Å². The zero-order valence-electron chi connectivity index (χ0n) is 9.42. The van der Waals surface area contributed by atoms with Crippen LogP contribution in [0.1, 0.15) is 52.4 Å². The van der Waals surface area contributed by atoms with Crippen LogP contribution in [0.15, 0.2) is 12.3 Å². The molecule has 82 valence electrons. The maximum atomic E-state index is 11.1. The highest BCUT2D eigenvalue weighted by Gasteiger charge is 1.99. The number of hydrogen-bond acceptors (Lipinski definition) is 2. The topological polar surface area (TPSA) is 26.3 Å². The van der Waals surface area contributed by atoms with Crippen molar-refractivity contribution in [3.63, 3.8) is 0 Å². The largest absolute Gasteiger partial charge is 0.502 e. The van der Waals surface area contributed by atoms with Gasteiger partial charge in [-0.1, -0.05) is 13.0 Å². The monoisotopic (exact) mass is 198 g/mol. The Hall–Kier alpha value is -0.790. The Morgan fingerprint density at radius 2 is 2.00 bits per heavy atom. The van der Waals surface area contributed by atoms with Crippen LogP contribution >= 0.6 is 0 Å². The van der Waals surface area contributed by atoms with Gasteiger partial charge >= 0.3 is 0 Å². The molecule has 0 aliphatic rings. The molecule has 0 bridgehead atoms. The predicted octanol–water partition coefficient (Wildman–Crippen LogP) is 3.47. The van der Waals surface area contributed by atoms with Crippen LogP contribution < -0.4 is 0 Å². The number of ketones is 1. The van der Waals surface area contributed by atoms with Crippen LogP contribution in [0.3, 0.4) is 0 Å². The van der Waals surface area contributed by atoms with E-state index in [0.29, 0.717) is 5.78 Å². The fourth-order valence-electron chi connectivity index (χ4n) is 1.25. The van der Waals surface area contributed by atoms with Gasteiger partial charge in [0.2, 0.25) is 0 Å². The third kappa shape index (κ3) is 9.30. The van der Waals surface area contributed by atoms with Gasteiger partial charge in [-0.25, -0.2) is 0 Å². The molecule has 14 heavy (non-hydrogen) atoms. The Morgan fingerprint density at radius 3 is 2.64 bits per heavy atom. The maximum Gasteiger partial charge on any atom is 0.132 e. The van der Waals surface area contributed by atoms with E-state index in [1.807, 2.05) is 19.9 Å². The molecule has 0 aliphatic heterocycles. The van der Waals surface area contributed by atoms with Crippen molar-refractivity contribution in [2.24, 2.45) is 0 Å². The van der Waals surface area contributed by atoms with E-state index < -0.39 is 0 Å². The lowest BCUT2D eigenvalue weighted by molar-refractivity contribution is -0.119. The zero-order valence-corrected chi connectivity index (χ0v) is 9.42. The summed E-state index contributed by atoms with van der Waals surface area (Å²) in [5.41, 5.74) is 0. The molecule has 0 aromatic rings. The van der Waals surface area contributed by atoms with E-state index in [2.05, 4.69) is 0 Å². The van der Waals surface area contributed by atoms with Gasteiger partial charge in [-0.3, -0.25) is 4.79 Å². The normalized spacial score (nSPS) is 10.7. The summed E-state index contributed by atoms with van der Waals surface area (Å²) in [5.74, 6) is 0.405. The first kappa shape index (κ1) is 13.2. The lowest BCUT2D eigenvalue weighted by Crippen LogP contribution is -1.97. The van der Waals surface area contributed by atoms with Crippen LogP contribution in [-0.4, -0.2) is 12.4 Å². The first-order valence-electron chi connectivity index (χ1n) is 5.55. The first-order chi connectivity index (χ1) is 6.81. The molecule has 0 spiro atoms. The number of unbranched alkanes of at least 4 members (excludes halogenated alkanes) is 2. The van der Waals surface area contributed by atoms with Crippen molar-refractivity contribution in [2.75, 3.05) is 6.61 Å². The summed E-state index contributed by atoms with van der Waals surface area (Å²) in [6.07, 6.45) is 9.21. The number of carbonyl (C=O) groups excluding carboxylic acids is 1. The first-order valence-corrected chi connectivity index (χ1v) is 5.55. The summed E-state index contributed by atoms with van der Waals surface area (Å²) >= 11 is 0. The summed E-state index contributed by atoms with van der Waals surface area (Å²) in [5, 5.41) is 0. The molecule has 0 radical (unpaired) electrons. The molecule has 0 heterocycles. The smallest absolute Gasteiger partial charge is 0.132 e. The van der Waals surface area contributed by atoms with Crippen molar-refractivity contribution in [2.45, 2.75) is 52.4 Å². The molecule has 0 aromatic carbocycles. The number of hydrogen-bond donors (Lipinski definition) is 0. The summed E-state index contributed by atoms with van der Waals surface area (Å²) < 4.78 is 5.17. The summed E-state index contributed by atoms with van der Waals surface area (Å²) in [6, 6.07) is 0. The van der Waals surface area contributed by atoms with Crippen LogP contribution in [0.25, 0.3) is 0 Å². The Labute approximate surface area is 87.3 Å². The third-order valence-corrected chi connectivity index (χ3v) is 1.98. The van der Waals surface area contributed by atoms with Gasteiger partial charge in [0.25, 0.3) is 0 Å². The zero-order chi connectivity index (χ0) is 10.6. The van der Waals surface area contributed by atoms with Crippen LogP contribution in [0, 0.1) is 0 Å². The van der Waals surface area contributed by atoms with Crippen molar-refractivity contribution in [3.05, 3.63) is 12.3 Å². The molecule has 2 nitrogen and oxygen atoms in total. The minimum atomic E-state index is 0.405. The Balaban J connectivity index is 3.09. The van der Waals surface area contributed by atoms with Gasteiger partial charge in [-0.15, -0.1) is 0 Å². The molecule has 2 heteroatoms. The Morgan fingerprint density at radius 1 is 1.21 bits per heavy atom. The van der Waals surface area contributed by atoms with E-state index in [1.165, 1.54) is 0 Å². The molecule has 0 atom stereocenters. The van der Waals surface area contributed by atoms with E-state index >= 15 is 0 Å². The number of allylic oxidation sites excluding steroid dienone is 1. The van der Waals surface area contributed by atoms with E-state index in [0.717, 1.165) is 45.1 Å². The number of Topliss-reactive ketones (excluding diaryl/α,β-unsaturated/α-hetero) is 1. The molecule has 0 N–H and O–H groups in total. The predicted molar refractivity (Wildman–Crippen MR) is 59.1 cm³/mol. The van der Waals surface area contributed by atoms with Crippen molar-refractivity contribution in [1.82, 2.24) is 0 Å². The second-order valence-corrected chi connectivity index (χ2v) is 3.44. The van der Waals surface area contributed by atoms with Crippen molar-refractivity contribution < 1.29 is 9.53 Å². The second kappa shape index (κ2) is 10.3. The van der Waals surface area contributed by atoms with Gasteiger partial charge in [0.05, 0.1) is 12.9 Å². The van der Waals surface area contributed by atoms with Crippen LogP contribution in [0.4, 0.5) is 0 Å². The van der Waals surface area contributed by atoms with Crippen molar-refractivity contribution >= 4 is 5.78 Å². The summed E-state index contributed by atoms with van der Waals surface area (Å²) in [6.45, 7) is 4.75. The highest BCUT2D eigenvalue weighted by atomic mass is 16.5. The summed E-state index contributed by atoms with van der Waals surface area (Å²) in [7, 11) is 0. The Kier molecular flexibility index (Phi) is 9.71. The van der Waals surface area contributed by atoms with Crippen molar-refractivity contribution in [3.8, 4) is 0 Å². The fourth-order valence-corrected chi connectivity index (χ4v) is 1.25. The molecule has 0 saturated heterocycles. The minimum Gasteiger partial charge on any atom is -0.502 e. The van der Waals surface area contributed by atoms with E-state index in [-0.39, 0.29) is 0 Å². The van der Waals surface area contributed by atoms with E-state index in [9.17, 15) is 4.79 Å².